The van der Waals surface area contributed by atoms with Gasteiger partial charge in [0.1, 0.15) is 0 Å². The molecule has 0 unspecified atom stereocenters. The van der Waals surface area contributed by atoms with Gasteiger partial charge in [-0.05, 0) is 67.6 Å². The molecule has 0 atom stereocenters. The molecule has 0 spiro atoms. The van der Waals surface area contributed by atoms with Crippen molar-refractivity contribution in [3.63, 3.8) is 0 Å². The van der Waals surface area contributed by atoms with Crippen molar-refractivity contribution in [2.75, 3.05) is 20.1 Å². The minimum Gasteiger partial charge on any atom is -0.343 e. The second-order valence-corrected chi connectivity index (χ2v) is 12.3. The number of carbonyl (C=O) groups excluding carboxylic acids is 1. The van der Waals surface area contributed by atoms with Crippen LogP contribution >= 0.6 is 0 Å². The molecule has 2 fully saturated rings. The molecule has 1 saturated carbocycles. The van der Waals surface area contributed by atoms with E-state index in [9.17, 15) is 13.2 Å². The third-order valence-electron chi connectivity index (χ3n) is 7.04. The SMILES string of the molecule is CC1CCC(N(C)C(=O)C2CCN(S(=O)(=O)c3ccc(C(C)(C)C)cc3)CC2)CC1. The molecule has 2 aliphatic rings. The van der Waals surface area contributed by atoms with E-state index in [-0.39, 0.29) is 17.2 Å². The summed E-state index contributed by atoms with van der Waals surface area (Å²) >= 11 is 0. The van der Waals surface area contributed by atoms with Gasteiger partial charge >= 0.3 is 0 Å². The van der Waals surface area contributed by atoms with Crippen LogP contribution in [0.5, 0.6) is 0 Å². The lowest BCUT2D eigenvalue weighted by atomic mass is 9.86. The predicted molar refractivity (Wildman–Crippen MR) is 121 cm³/mol. The summed E-state index contributed by atoms with van der Waals surface area (Å²) in [6, 6.07) is 7.58. The molecule has 168 valence electrons. The molecule has 1 aromatic rings. The molecular formula is C24H38N2O3S. The number of sulfonamides is 1. The molecule has 1 aliphatic heterocycles. The van der Waals surface area contributed by atoms with Gasteiger partial charge in [0, 0.05) is 32.1 Å². The zero-order valence-corrected chi connectivity index (χ0v) is 20.0. The largest absolute Gasteiger partial charge is 0.343 e. The average Bonchev–Trinajstić information content (AvgIpc) is 2.73. The van der Waals surface area contributed by atoms with Crippen molar-refractivity contribution in [3.8, 4) is 0 Å². The highest BCUT2D eigenvalue weighted by Gasteiger charge is 2.35. The first-order valence-corrected chi connectivity index (χ1v) is 12.8. The van der Waals surface area contributed by atoms with Crippen LogP contribution < -0.4 is 0 Å². The highest BCUT2D eigenvalue weighted by atomic mass is 32.2. The Bertz CT molecular complexity index is 826. The Morgan fingerprint density at radius 3 is 2.00 bits per heavy atom. The molecule has 3 rings (SSSR count). The second kappa shape index (κ2) is 8.99. The topological polar surface area (TPSA) is 57.7 Å². The second-order valence-electron chi connectivity index (χ2n) is 10.3. The van der Waals surface area contributed by atoms with Crippen molar-refractivity contribution in [3.05, 3.63) is 29.8 Å². The van der Waals surface area contributed by atoms with Gasteiger partial charge in [-0.3, -0.25) is 4.79 Å². The molecule has 1 saturated heterocycles. The van der Waals surface area contributed by atoms with Crippen molar-refractivity contribution >= 4 is 15.9 Å². The summed E-state index contributed by atoms with van der Waals surface area (Å²) in [5.74, 6) is 0.890. The number of hydrogen-bond acceptors (Lipinski definition) is 3. The summed E-state index contributed by atoms with van der Waals surface area (Å²) in [7, 11) is -1.58. The maximum absolute atomic E-state index is 13.1. The standard InChI is InChI=1S/C24H38N2O3S/c1-18-6-10-21(11-7-18)25(5)23(27)19-14-16-26(17-15-19)30(28,29)22-12-8-20(9-13-22)24(2,3)4/h8-9,12-13,18-19,21H,6-7,10-11,14-17H2,1-5H3. The molecule has 1 aromatic carbocycles. The van der Waals surface area contributed by atoms with E-state index in [1.54, 1.807) is 16.4 Å². The van der Waals surface area contributed by atoms with Gasteiger partial charge in [-0.1, -0.05) is 39.8 Å². The minimum absolute atomic E-state index is 0.0105. The molecule has 0 aromatic heterocycles. The van der Waals surface area contributed by atoms with E-state index in [2.05, 4.69) is 27.7 Å². The molecular weight excluding hydrogens is 396 g/mol. The van der Waals surface area contributed by atoms with E-state index in [0.29, 0.717) is 36.9 Å². The van der Waals surface area contributed by atoms with E-state index < -0.39 is 10.0 Å². The Labute approximate surface area is 182 Å². The highest BCUT2D eigenvalue weighted by Crippen LogP contribution is 2.30. The number of hydrogen-bond donors (Lipinski definition) is 0. The summed E-state index contributed by atoms with van der Waals surface area (Å²) < 4.78 is 27.7. The summed E-state index contributed by atoms with van der Waals surface area (Å²) in [6.07, 6.45) is 5.75. The van der Waals surface area contributed by atoms with E-state index in [4.69, 9.17) is 0 Å². The maximum atomic E-state index is 13.1. The van der Waals surface area contributed by atoms with Gasteiger partial charge in [-0.2, -0.15) is 4.31 Å². The quantitative estimate of drug-likeness (QED) is 0.705. The zero-order valence-electron chi connectivity index (χ0n) is 19.2. The van der Waals surface area contributed by atoms with Gasteiger partial charge in [0.25, 0.3) is 0 Å². The van der Waals surface area contributed by atoms with Crippen LogP contribution in [-0.2, 0) is 20.2 Å². The molecule has 1 heterocycles. The van der Waals surface area contributed by atoms with Crippen LogP contribution in [0.25, 0.3) is 0 Å². The summed E-state index contributed by atoms with van der Waals surface area (Å²) in [4.78, 5) is 15.3. The summed E-state index contributed by atoms with van der Waals surface area (Å²) in [5.41, 5.74) is 1.11. The highest BCUT2D eigenvalue weighted by molar-refractivity contribution is 7.89. The Kier molecular flexibility index (Phi) is 6.97. The number of carbonyl (C=O) groups is 1. The third-order valence-corrected chi connectivity index (χ3v) is 8.95. The van der Waals surface area contributed by atoms with Crippen LogP contribution in [0, 0.1) is 11.8 Å². The fourth-order valence-electron chi connectivity index (χ4n) is 4.72. The molecule has 0 radical (unpaired) electrons. The first kappa shape index (κ1) is 23.3. The molecule has 6 heteroatoms. The number of rotatable bonds is 4. The lowest BCUT2D eigenvalue weighted by Crippen LogP contribution is -2.46. The van der Waals surface area contributed by atoms with Gasteiger partial charge in [0.05, 0.1) is 4.90 Å². The monoisotopic (exact) mass is 434 g/mol. The molecule has 1 aliphatic carbocycles. The van der Waals surface area contributed by atoms with Crippen LogP contribution in [0.2, 0.25) is 0 Å². The van der Waals surface area contributed by atoms with Crippen LogP contribution in [0.1, 0.15) is 71.8 Å². The zero-order chi connectivity index (χ0) is 22.1. The first-order valence-electron chi connectivity index (χ1n) is 11.4. The van der Waals surface area contributed by atoms with Gasteiger partial charge < -0.3 is 4.90 Å². The van der Waals surface area contributed by atoms with Gasteiger partial charge in [0.2, 0.25) is 15.9 Å². The fraction of sp³-hybridized carbons (Fsp3) is 0.708. The van der Waals surface area contributed by atoms with Crippen molar-refractivity contribution in [2.24, 2.45) is 11.8 Å². The van der Waals surface area contributed by atoms with Crippen LogP contribution in [0.4, 0.5) is 0 Å². The van der Waals surface area contributed by atoms with E-state index in [1.165, 1.54) is 12.8 Å². The van der Waals surface area contributed by atoms with Crippen LogP contribution in [0.15, 0.2) is 29.2 Å². The normalized spacial score (nSPS) is 24.6. The molecule has 30 heavy (non-hydrogen) atoms. The van der Waals surface area contributed by atoms with Crippen molar-refractivity contribution < 1.29 is 13.2 Å². The lowest BCUT2D eigenvalue weighted by Gasteiger charge is -2.37. The molecule has 0 bridgehead atoms. The third kappa shape index (κ3) is 5.08. The number of amides is 1. The molecule has 1 amide bonds. The minimum atomic E-state index is -3.51. The molecule has 5 nitrogen and oxygen atoms in total. The first-order chi connectivity index (χ1) is 14.0. The molecule has 0 N–H and O–H groups in total. The Morgan fingerprint density at radius 1 is 0.967 bits per heavy atom. The van der Waals surface area contributed by atoms with Crippen molar-refractivity contribution in [1.82, 2.24) is 9.21 Å². The number of benzene rings is 1. The lowest BCUT2D eigenvalue weighted by molar-refractivity contribution is -0.138. The summed E-state index contributed by atoms with van der Waals surface area (Å²) in [5, 5.41) is 0. The van der Waals surface area contributed by atoms with Crippen molar-refractivity contribution in [1.29, 1.82) is 0 Å². The number of piperidine rings is 1. The van der Waals surface area contributed by atoms with E-state index >= 15 is 0 Å². The fourth-order valence-corrected chi connectivity index (χ4v) is 6.19. The predicted octanol–water partition coefficient (Wildman–Crippen LogP) is 4.42. The Hall–Kier alpha value is -1.40. The van der Waals surface area contributed by atoms with Crippen molar-refractivity contribution in [2.45, 2.75) is 82.6 Å². The number of nitrogens with zero attached hydrogens (tertiary/aromatic N) is 2. The van der Waals surface area contributed by atoms with E-state index in [0.717, 1.165) is 24.3 Å². The Balaban J connectivity index is 1.59. The Morgan fingerprint density at radius 2 is 1.50 bits per heavy atom. The average molecular weight is 435 g/mol. The van der Waals surface area contributed by atoms with Crippen LogP contribution in [0.3, 0.4) is 0 Å². The van der Waals surface area contributed by atoms with E-state index in [1.807, 2.05) is 24.1 Å². The summed E-state index contributed by atoms with van der Waals surface area (Å²) in [6.45, 7) is 9.45. The maximum Gasteiger partial charge on any atom is 0.243 e. The van der Waals surface area contributed by atoms with Gasteiger partial charge in [-0.15, -0.1) is 0 Å². The van der Waals surface area contributed by atoms with Gasteiger partial charge in [0.15, 0.2) is 0 Å². The van der Waals surface area contributed by atoms with Crippen LogP contribution in [-0.4, -0.2) is 49.7 Å². The van der Waals surface area contributed by atoms with Gasteiger partial charge in [-0.25, -0.2) is 8.42 Å². The smallest absolute Gasteiger partial charge is 0.243 e.